The van der Waals surface area contributed by atoms with Crippen molar-refractivity contribution in [2.75, 3.05) is 49.5 Å². The van der Waals surface area contributed by atoms with Gasteiger partial charge >= 0.3 is 0 Å². The van der Waals surface area contributed by atoms with Crippen molar-refractivity contribution in [1.82, 2.24) is 25.6 Å². The van der Waals surface area contributed by atoms with Gasteiger partial charge in [-0.1, -0.05) is 0 Å². The number of piperidine rings is 1. The molecule has 2 aromatic rings. The first kappa shape index (κ1) is 16.0. The fourth-order valence-corrected chi connectivity index (χ4v) is 3.42. The maximum absolute atomic E-state index is 11.7. The second-order valence-electron chi connectivity index (χ2n) is 6.62. The van der Waals surface area contributed by atoms with Gasteiger partial charge in [0.15, 0.2) is 5.82 Å². The van der Waals surface area contributed by atoms with Crippen molar-refractivity contribution in [3.63, 3.8) is 0 Å². The standard InChI is InChI=1S/C17H23N7O/c25-15-11-24(7-6-20-15)14-8-13-16(21-5-4-19-13)17(23-14)22-10-12-2-1-3-18-9-12/h4-5,8,12,18H,1-3,6-7,9-11H2,(H,20,25)(H,22,23)/t12-/m0/s1. The van der Waals surface area contributed by atoms with Crippen molar-refractivity contribution < 1.29 is 4.79 Å². The van der Waals surface area contributed by atoms with Crippen LogP contribution in [0.3, 0.4) is 0 Å². The number of fused-ring (bicyclic) bond motifs is 1. The number of piperazine rings is 1. The van der Waals surface area contributed by atoms with Gasteiger partial charge in [0, 0.05) is 38.1 Å². The molecule has 2 aliphatic heterocycles. The SMILES string of the molecule is O=C1CN(c2cc3nccnc3c(NC[C@H]3CCCNC3)n2)CCN1. The van der Waals surface area contributed by atoms with E-state index >= 15 is 0 Å². The lowest BCUT2D eigenvalue weighted by Gasteiger charge is -2.28. The summed E-state index contributed by atoms with van der Waals surface area (Å²) in [5, 5.41) is 9.75. The van der Waals surface area contributed by atoms with Crippen LogP contribution in [0.4, 0.5) is 11.6 Å². The van der Waals surface area contributed by atoms with E-state index in [9.17, 15) is 4.79 Å². The van der Waals surface area contributed by atoms with Crippen molar-refractivity contribution in [3.8, 4) is 0 Å². The second kappa shape index (κ2) is 7.18. The van der Waals surface area contributed by atoms with Gasteiger partial charge in [-0.25, -0.2) is 9.97 Å². The van der Waals surface area contributed by atoms with Gasteiger partial charge in [0.2, 0.25) is 5.91 Å². The maximum atomic E-state index is 11.7. The summed E-state index contributed by atoms with van der Waals surface area (Å²) < 4.78 is 0. The third-order valence-corrected chi connectivity index (χ3v) is 4.76. The van der Waals surface area contributed by atoms with Gasteiger partial charge in [-0.15, -0.1) is 0 Å². The third kappa shape index (κ3) is 3.63. The van der Waals surface area contributed by atoms with E-state index in [0.717, 1.165) is 48.8 Å². The molecule has 0 bridgehead atoms. The Balaban J connectivity index is 1.60. The molecule has 0 spiro atoms. The Hall–Kier alpha value is -2.48. The molecule has 0 aliphatic carbocycles. The summed E-state index contributed by atoms with van der Waals surface area (Å²) in [6, 6.07) is 1.91. The number of anilines is 2. The lowest BCUT2D eigenvalue weighted by Crippen LogP contribution is -2.48. The molecule has 8 nitrogen and oxygen atoms in total. The summed E-state index contributed by atoms with van der Waals surface area (Å²) in [5.74, 6) is 2.13. The van der Waals surface area contributed by atoms with Crippen LogP contribution in [0.5, 0.6) is 0 Å². The number of hydrogen-bond acceptors (Lipinski definition) is 7. The minimum atomic E-state index is 0.0232. The summed E-state index contributed by atoms with van der Waals surface area (Å²) in [5.41, 5.74) is 1.57. The van der Waals surface area contributed by atoms with Crippen LogP contribution in [-0.2, 0) is 4.79 Å². The summed E-state index contributed by atoms with van der Waals surface area (Å²) in [7, 11) is 0. The van der Waals surface area contributed by atoms with Crippen molar-refractivity contribution in [2.24, 2.45) is 5.92 Å². The molecule has 4 heterocycles. The molecule has 25 heavy (non-hydrogen) atoms. The molecular weight excluding hydrogens is 318 g/mol. The van der Waals surface area contributed by atoms with Gasteiger partial charge in [-0.3, -0.25) is 9.78 Å². The average Bonchev–Trinajstić information content (AvgIpc) is 2.67. The third-order valence-electron chi connectivity index (χ3n) is 4.76. The molecule has 8 heteroatoms. The first-order chi connectivity index (χ1) is 12.3. The molecule has 2 saturated heterocycles. The number of carbonyl (C=O) groups excluding carboxylic acids is 1. The Morgan fingerprint density at radius 2 is 2.20 bits per heavy atom. The highest BCUT2D eigenvalue weighted by Gasteiger charge is 2.20. The fourth-order valence-electron chi connectivity index (χ4n) is 3.42. The largest absolute Gasteiger partial charge is 0.368 e. The molecule has 1 amide bonds. The predicted octanol–water partition coefficient (Wildman–Crippen LogP) is 0.373. The molecular formula is C17H23N7O. The Bertz CT molecular complexity index is 760. The number of hydrogen-bond donors (Lipinski definition) is 3. The highest BCUT2D eigenvalue weighted by Crippen LogP contribution is 2.24. The summed E-state index contributed by atoms with van der Waals surface area (Å²) in [6.07, 6.45) is 5.80. The average molecular weight is 341 g/mol. The predicted molar refractivity (Wildman–Crippen MR) is 96.6 cm³/mol. The fraction of sp³-hybridized carbons (Fsp3) is 0.529. The van der Waals surface area contributed by atoms with Crippen LogP contribution in [0, 0.1) is 5.92 Å². The van der Waals surface area contributed by atoms with Gasteiger partial charge in [0.25, 0.3) is 0 Å². The van der Waals surface area contributed by atoms with Crippen LogP contribution < -0.4 is 20.9 Å². The van der Waals surface area contributed by atoms with Crippen molar-refractivity contribution in [1.29, 1.82) is 0 Å². The van der Waals surface area contributed by atoms with E-state index in [2.05, 4.69) is 25.9 Å². The Morgan fingerprint density at radius 1 is 1.28 bits per heavy atom. The zero-order chi connectivity index (χ0) is 17.1. The van der Waals surface area contributed by atoms with E-state index in [0.29, 0.717) is 19.0 Å². The smallest absolute Gasteiger partial charge is 0.239 e. The molecule has 2 aliphatic rings. The van der Waals surface area contributed by atoms with Crippen LogP contribution in [-0.4, -0.2) is 60.1 Å². The first-order valence-electron chi connectivity index (χ1n) is 8.87. The van der Waals surface area contributed by atoms with E-state index in [4.69, 9.17) is 4.98 Å². The van der Waals surface area contributed by atoms with E-state index in [1.54, 1.807) is 12.4 Å². The number of carbonyl (C=O) groups is 1. The van der Waals surface area contributed by atoms with Crippen molar-refractivity contribution in [2.45, 2.75) is 12.8 Å². The van der Waals surface area contributed by atoms with Crippen LogP contribution >= 0.6 is 0 Å². The number of pyridine rings is 1. The quantitative estimate of drug-likeness (QED) is 0.740. The highest BCUT2D eigenvalue weighted by atomic mass is 16.2. The van der Waals surface area contributed by atoms with Crippen LogP contribution in [0.2, 0.25) is 0 Å². The Kier molecular flexibility index (Phi) is 4.60. The lowest BCUT2D eigenvalue weighted by molar-refractivity contribution is -0.120. The molecule has 3 N–H and O–H groups in total. The van der Waals surface area contributed by atoms with E-state index < -0.39 is 0 Å². The molecule has 2 aromatic heterocycles. The normalized spacial score (nSPS) is 21.2. The number of rotatable bonds is 4. The molecule has 0 radical (unpaired) electrons. The molecule has 2 fully saturated rings. The number of aromatic nitrogens is 3. The lowest BCUT2D eigenvalue weighted by atomic mass is 10.00. The molecule has 1 atom stereocenters. The second-order valence-corrected chi connectivity index (χ2v) is 6.62. The minimum Gasteiger partial charge on any atom is -0.368 e. The highest BCUT2D eigenvalue weighted by molar-refractivity contribution is 5.89. The summed E-state index contributed by atoms with van der Waals surface area (Å²) in [4.78, 5) is 27.3. The Morgan fingerprint density at radius 3 is 3.04 bits per heavy atom. The number of nitrogens with zero attached hydrogens (tertiary/aromatic N) is 4. The zero-order valence-corrected chi connectivity index (χ0v) is 14.2. The van der Waals surface area contributed by atoms with Crippen LogP contribution in [0.15, 0.2) is 18.5 Å². The molecule has 132 valence electrons. The van der Waals surface area contributed by atoms with Crippen LogP contribution in [0.25, 0.3) is 11.0 Å². The van der Waals surface area contributed by atoms with E-state index in [1.807, 2.05) is 11.0 Å². The number of amides is 1. The van der Waals surface area contributed by atoms with Crippen molar-refractivity contribution >= 4 is 28.6 Å². The first-order valence-corrected chi connectivity index (χ1v) is 8.87. The van der Waals surface area contributed by atoms with Gasteiger partial charge < -0.3 is 20.9 Å². The van der Waals surface area contributed by atoms with E-state index in [-0.39, 0.29) is 5.91 Å². The number of nitrogens with one attached hydrogen (secondary N) is 3. The maximum Gasteiger partial charge on any atom is 0.239 e. The van der Waals surface area contributed by atoms with Gasteiger partial charge in [-0.2, -0.15) is 0 Å². The van der Waals surface area contributed by atoms with Gasteiger partial charge in [-0.05, 0) is 31.8 Å². The van der Waals surface area contributed by atoms with Crippen LogP contribution in [0.1, 0.15) is 12.8 Å². The van der Waals surface area contributed by atoms with Gasteiger partial charge in [0.05, 0.1) is 12.1 Å². The molecule has 4 rings (SSSR count). The monoisotopic (exact) mass is 341 g/mol. The molecule has 0 saturated carbocycles. The zero-order valence-electron chi connectivity index (χ0n) is 14.2. The molecule has 0 unspecified atom stereocenters. The van der Waals surface area contributed by atoms with Gasteiger partial charge in [0.1, 0.15) is 11.3 Å². The molecule has 0 aromatic carbocycles. The van der Waals surface area contributed by atoms with E-state index in [1.165, 1.54) is 12.8 Å². The summed E-state index contributed by atoms with van der Waals surface area (Å²) in [6.45, 7) is 4.70. The minimum absolute atomic E-state index is 0.0232. The van der Waals surface area contributed by atoms with Crippen molar-refractivity contribution in [3.05, 3.63) is 18.5 Å². The Labute approximate surface area is 146 Å². The summed E-state index contributed by atoms with van der Waals surface area (Å²) >= 11 is 0. The topological polar surface area (TPSA) is 95.1 Å².